The van der Waals surface area contributed by atoms with Crippen LogP contribution in [-0.4, -0.2) is 10.5 Å². The molecule has 0 rings (SSSR count). The van der Waals surface area contributed by atoms with Gasteiger partial charge in [-0.3, -0.25) is 0 Å². The van der Waals surface area contributed by atoms with Crippen LogP contribution >= 0.6 is 12.2 Å². The largest absolute Gasteiger partial charge is 0.374 e. The minimum Gasteiger partial charge on any atom is -0.374 e. The van der Waals surface area contributed by atoms with Crippen LogP contribution in [0.1, 0.15) is 134 Å². The van der Waals surface area contributed by atoms with Gasteiger partial charge in [-0.1, -0.05) is 126 Å². The summed E-state index contributed by atoms with van der Waals surface area (Å²) in [6.07, 6.45) is 12.2. The normalized spacial score (nSPS) is 15.4. The monoisotopic (exact) mass is 425 g/mol. The van der Waals surface area contributed by atoms with E-state index in [1.807, 2.05) is 0 Å². The van der Waals surface area contributed by atoms with Gasteiger partial charge >= 0.3 is 0 Å². The molecular weight excluding hydrogens is 370 g/mol. The second-order valence-corrected chi connectivity index (χ2v) is 12.0. The van der Waals surface area contributed by atoms with Gasteiger partial charge in [-0.2, -0.15) is 0 Å². The van der Waals surface area contributed by atoms with Crippen molar-refractivity contribution in [2.45, 2.75) is 139 Å². The maximum absolute atomic E-state index is 5.99. The van der Waals surface area contributed by atoms with Gasteiger partial charge < -0.3 is 5.32 Å². The fraction of sp³-hybridized carbons (Fsp3) is 0.963. The Kier molecular flexibility index (Phi) is 12.6. The van der Waals surface area contributed by atoms with Crippen molar-refractivity contribution in [2.75, 3.05) is 0 Å². The summed E-state index contributed by atoms with van der Waals surface area (Å²) in [5, 5.41) is 3.86. The molecule has 1 nitrogen and oxygen atoms in total. The predicted molar refractivity (Wildman–Crippen MR) is 138 cm³/mol. The maximum Gasteiger partial charge on any atom is 0.0817 e. The minimum absolute atomic E-state index is 0.0103. The van der Waals surface area contributed by atoms with E-state index in [0.717, 1.165) is 10.9 Å². The van der Waals surface area contributed by atoms with Crippen LogP contribution in [0.25, 0.3) is 0 Å². The molecule has 0 aromatic rings. The van der Waals surface area contributed by atoms with Gasteiger partial charge in [0.1, 0.15) is 0 Å². The average Bonchev–Trinajstić information content (AvgIpc) is 2.62. The Morgan fingerprint density at radius 3 is 1.76 bits per heavy atom. The van der Waals surface area contributed by atoms with Gasteiger partial charge in [0.25, 0.3) is 0 Å². The molecule has 0 aromatic carbocycles. The molecule has 2 unspecified atom stereocenters. The molecule has 0 heterocycles. The molecule has 0 spiro atoms. The first-order valence-corrected chi connectivity index (χ1v) is 13.0. The van der Waals surface area contributed by atoms with Crippen LogP contribution in [0.15, 0.2) is 0 Å². The number of thiocarbonyl (C=S) groups is 1. The molecule has 0 saturated heterocycles. The highest BCUT2D eigenvalue weighted by atomic mass is 32.1. The van der Waals surface area contributed by atoms with Gasteiger partial charge in [-0.15, -0.1) is 0 Å². The quantitative estimate of drug-likeness (QED) is 0.207. The molecule has 0 aromatic heterocycles. The van der Waals surface area contributed by atoms with Crippen LogP contribution in [-0.2, 0) is 0 Å². The van der Waals surface area contributed by atoms with E-state index in [9.17, 15) is 0 Å². The van der Waals surface area contributed by atoms with Gasteiger partial charge in [-0.05, 0) is 43.4 Å². The lowest BCUT2D eigenvalue weighted by Gasteiger charge is -2.50. The summed E-state index contributed by atoms with van der Waals surface area (Å²) in [6.45, 7) is 25.9. The van der Waals surface area contributed by atoms with Gasteiger partial charge in [0.15, 0.2) is 0 Å². The summed E-state index contributed by atoms with van der Waals surface area (Å²) in [5.41, 5.74) is 0.171. The first kappa shape index (κ1) is 28.9. The summed E-state index contributed by atoms with van der Waals surface area (Å²) in [6, 6.07) is 0. The first-order chi connectivity index (χ1) is 13.3. The minimum atomic E-state index is -0.0277. The van der Waals surface area contributed by atoms with Crippen molar-refractivity contribution in [1.82, 2.24) is 5.32 Å². The zero-order valence-electron chi connectivity index (χ0n) is 22.0. The third kappa shape index (κ3) is 8.50. The number of hydrogen-bond acceptors (Lipinski definition) is 1. The van der Waals surface area contributed by atoms with Gasteiger partial charge in [0, 0.05) is 11.0 Å². The Morgan fingerprint density at radius 1 is 0.759 bits per heavy atom. The third-order valence-electron chi connectivity index (χ3n) is 8.32. The summed E-state index contributed by atoms with van der Waals surface area (Å²) < 4.78 is 0. The average molecular weight is 426 g/mol. The van der Waals surface area contributed by atoms with E-state index in [2.05, 4.69) is 81.5 Å². The lowest BCUT2D eigenvalue weighted by Crippen LogP contribution is -2.59. The van der Waals surface area contributed by atoms with Crippen molar-refractivity contribution in [3.8, 4) is 0 Å². The Balaban J connectivity index is 5.17. The van der Waals surface area contributed by atoms with Crippen LogP contribution in [0.3, 0.4) is 0 Å². The number of hydrogen-bond donors (Lipinski definition) is 1. The summed E-state index contributed by atoms with van der Waals surface area (Å²) >= 11 is 5.99. The molecule has 0 aliphatic rings. The topological polar surface area (TPSA) is 12.0 Å². The molecule has 0 aliphatic heterocycles. The lowest BCUT2D eigenvalue weighted by molar-refractivity contribution is 0.0745. The van der Waals surface area contributed by atoms with Crippen LogP contribution in [0, 0.1) is 28.6 Å². The molecular formula is C27H55NS. The van der Waals surface area contributed by atoms with Crippen molar-refractivity contribution in [3.63, 3.8) is 0 Å². The van der Waals surface area contributed by atoms with Crippen LogP contribution in [0.5, 0.6) is 0 Å². The first-order valence-electron chi connectivity index (χ1n) is 12.6. The van der Waals surface area contributed by atoms with Crippen molar-refractivity contribution < 1.29 is 0 Å². The van der Waals surface area contributed by atoms with E-state index in [0.29, 0.717) is 11.8 Å². The molecule has 0 fully saturated rings. The zero-order chi connectivity index (χ0) is 22.9. The van der Waals surface area contributed by atoms with Gasteiger partial charge in [0.05, 0.1) is 4.99 Å². The van der Waals surface area contributed by atoms with Crippen LogP contribution < -0.4 is 5.32 Å². The molecule has 29 heavy (non-hydrogen) atoms. The highest BCUT2D eigenvalue weighted by Crippen LogP contribution is 2.44. The van der Waals surface area contributed by atoms with E-state index in [4.69, 9.17) is 12.2 Å². The molecule has 0 aliphatic carbocycles. The molecule has 2 atom stereocenters. The van der Waals surface area contributed by atoms with Crippen molar-refractivity contribution >= 4 is 17.2 Å². The molecule has 0 bridgehead atoms. The fourth-order valence-corrected chi connectivity index (χ4v) is 4.98. The number of unbranched alkanes of at least 4 members (excludes halogenated alkanes) is 5. The number of nitrogens with one attached hydrogen (secondary N) is 1. The van der Waals surface area contributed by atoms with E-state index in [1.165, 1.54) is 57.8 Å². The van der Waals surface area contributed by atoms with Crippen LogP contribution in [0.2, 0.25) is 0 Å². The second-order valence-electron chi connectivity index (χ2n) is 11.6. The fourth-order valence-electron chi connectivity index (χ4n) is 4.54. The standard InChI is InChI=1S/C27H55NS/c1-12-14-15-16-17-18-20-23(19-13-2)26(8,9)27(10,11)28-24(29)25(6,7)22(5)21(3)4/h21-23H,12-20H2,1-11H3,(H,28,29). The van der Waals surface area contributed by atoms with Gasteiger partial charge in [0.2, 0.25) is 0 Å². The van der Waals surface area contributed by atoms with Gasteiger partial charge in [-0.25, -0.2) is 0 Å². The molecule has 1 N–H and O–H groups in total. The highest BCUT2D eigenvalue weighted by Gasteiger charge is 2.44. The Hall–Kier alpha value is -0.110. The molecule has 174 valence electrons. The molecule has 0 amide bonds. The Morgan fingerprint density at radius 2 is 1.28 bits per heavy atom. The Bertz CT molecular complexity index is 461. The summed E-state index contributed by atoms with van der Waals surface area (Å²) in [5.74, 6) is 1.91. The third-order valence-corrected chi connectivity index (χ3v) is 8.95. The molecule has 0 saturated carbocycles. The van der Waals surface area contributed by atoms with Crippen LogP contribution in [0.4, 0.5) is 0 Å². The molecule has 2 heteroatoms. The maximum atomic E-state index is 5.99. The second kappa shape index (κ2) is 12.7. The predicted octanol–water partition coefficient (Wildman–Crippen LogP) is 9.19. The van der Waals surface area contributed by atoms with Crippen molar-refractivity contribution in [1.29, 1.82) is 0 Å². The SMILES string of the molecule is CCCCCCCCC(CCC)C(C)(C)C(C)(C)NC(=S)C(C)(C)C(C)C(C)C. The smallest absolute Gasteiger partial charge is 0.0817 e. The van der Waals surface area contributed by atoms with Crippen molar-refractivity contribution in [2.24, 2.45) is 28.6 Å². The highest BCUT2D eigenvalue weighted by molar-refractivity contribution is 7.80. The van der Waals surface area contributed by atoms with E-state index in [-0.39, 0.29) is 16.4 Å². The summed E-state index contributed by atoms with van der Waals surface area (Å²) in [4.78, 5) is 1.03. The number of rotatable bonds is 15. The Labute approximate surface area is 190 Å². The lowest BCUT2D eigenvalue weighted by atomic mass is 9.62. The molecule has 0 radical (unpaired) electrons. The van der Waals surface area contributed by atoms with E-state index >= 15 is 0 Å². The summed E-state index contributed by atoms with van der Waals surface area (Å²) in [7, 11) is 0. The van der Waals surface area contributed by atoms with E-state index in [1.54, 1.807) is 0 Å². The van der Waals surface area contributed by atoms with Crippen molar-refractivity contribution in [3.05, 3.63) is 0 Å². The van der Waals surface area contributed by atoms with E-state index < -0.39 is 0 Å². The zero-order valence-corrected chi connectivity index (χ0v) is 22.8.